The summed E-state index contributed by atoms with van der Waals surface area (Å²) in [5.74, 6) is -2.22. The predicted octanol–water partition coefficient (Wildman–Crippen LogP) is 5.52. The number of aliphatic carboxylic acids is 1. The lowest BCUT2D eigenvalue weighted by Crippen LogP contribution is -2.31. The first-order valence-electron chi connectivity index (χ1n) is 9.61. The summed E-state index contributed by atoms with van der Waals surface area (Å²) in [5, 5.41) is 16.4. The SMILES string of the molecule is CC.O=C(O)C1C(c2ccc(F)cc2)=NN(c2ccccc2)C1c1ccccc1. The van der Waals surface area contributed by atoms with Crippen LogP contribution in [0.15, 0.2) is 90.0 Å². The Bertz CT molecular complexity index is 973. The van der Waals surface area contributed by atoms with Gasteiger partial charge in [0.15, 0.2) is 0 Å². The molecule has 1 heterocycles. The van der Waals surface area contributed by atoms with Gasteiger partial charge < -0.3 is 5.11 Å². The van der Waals surface area contributed by atoms with E-state index >= 15 is 0 Å². The maximum Gasteiger partial charge on any atom is 0.315 e. The van der Waals surface area contributed by atoms with E-state index in [1.165, 1.54) is 12.1 Å². The molecule has 0 aliphatic carbocycles. The topological polar surface area (TPSA) is 52.9 Å². The van der Waals surface area contributed by atoms with Crippen LogP contribution in [0, 0.1) is 11.7 Å². The number of nitrogens with zero attached hydrogens (tertiary/aromatic N) is 2. The number of carbonyl (C=O) groups is 1. The van der Waals surface area contributed by atoms with Gasteiger partial charge in [0.25, 0.3) is 0 Å². The first-order valence-corrected chi connectivity index (χ1v) is 9.61. The third-order valence-electron chi connectivity index (χ3n) is 4.66. The maximum atomic E-state index is 13.3. The van der Waals surface area contributed by atoms with Gasteiger partial charge in [0.1, 0.15) is 11.7 Å². The minimum atomic E-state index is -0.967. The highest BCUT2D eigenvalue weighted by atomic mass is 19.1. The lowest BCUT2D eigenvalue weighted by atomic mass is 9.87. The number of carboxylic acid groups (broad SMARTS) is 1. The Morgan fingerprint density at radius 3 is 2.00 bits per heavy atom. The van der Waals surface area contributed by atoms with Crippen molar-refractivity contribution in [3.63, 3.8) is 0 Å². The second-order valence-corrected chi connectivity index (χ2v) is 6.34. The second kappa shape index (κ2) is 9.15. The van der Waals surface area contributed by atoms with Crippen LogP contribution in [0.25, 0.3) is 0 Å². The molecule has 2 atom stereocenters. The molecule has 4 rings (SSSR count). The Morgan fingerprint density at radius 2 is 1.45 bits per heavy atom. The van der Waals surface area contributed by atoms with E-state index in [1.807, 2.05) is 74.5 Å². The smallest absolute Gasteiger partial charge is 0.315 e. The van der Waals surface area contributed by atoms with Crippen LogP contribution >= 0.6 is 0 Å². The van der Waals surface area contributed by atoms with Gasteiger partial charge >= 0.3 is 5.97 Å². The Kier molecular flexibility index (Phi) is 6.39. The molecule has 3 aromatic carbocycles. The summed E-state index contributed by atoms with van der Waals surface area (Å²) in [4.78, 5) is 12.2. The van der Waals surface area contributed by atoms with Crippen LogP contribution < -0.4 is 5.01 Å². The van der Waals surface area contributed by atoms with Crippen molar-refractivity contribution in [1.29, 1.82) is 0 Å². The molecule has 29 heavy (non-hydrogen) atoms. The van der Waals surface area contributed by atoms with E-state index in [0.29, 0.717) is 11.3 Å². The van der Waals surface area contributed by atoms with Crippen molar-refractivity contribution in [3.05, 3.63) is 102 Å². The first-order chi connectivity index (χ1) is 14.1. The Hall–Kier alpha value is -3.47. The van der Waals surface area contributed by atoms with Crippen molar-refractivity contribution in [2.24, 2.45) is 11.0 Å². The molecular formula is C24H23FN2O2. The number of rotatable bonds is 4. The zero-order valence-corrected chi connectivity index (χ0v) is 16.4. The van der Waals surface area contributed by atoms with Crippen LogP contribution in [0.2, 0.25) is 0 Å². The van der Waals surface area contributed by atoms with Crippen LogP contribution in [0.1, 0.15) is 31.0 Å². The molecule has 5 heteroatoms. The van der Waals surface area contributed by atoms with Gasteiger partial charge in [-0.05, 0) is 35.4 Å². The highest BCUT2D eigenvalue weighted by Gasteiger charge is 2.44. The number of hydrazone groups is 1. The lowest BCUT2D eigenvalue weighted by molar-refractivity contribution is -0.139. The van der Waals surface area contributed by atoms with Crippen LogP contribution in [0.5, 0.6) is 0 Å². The fourth-order valence-electron chi connectivity index (χ4n) is 3.42. The van der Waals surface area contributed by atoms with Gasteiger partial charge in [0.05, 0.1) is 17.4 Å². The van der Waals surface area contributed by atoms with Crippen LogP contribution in [-0.2, 0) is 4.79 Å². The molecule has 1 aliphatic heterocycles. The van der Waals surface area contributed by atoms with Crippen molar-refractivity contribution in [2.45, 2.75) is 19.9 Å². The van der Waals surface area contributed by atoms with Gasteiger partial charge in [-0.3, -0.25) is 9.80 Å². The standard InChI is InChI=1S/C22H17FN2O2.C2H6/c23-17-13-11-15(12-14-17)20-19(22(26)27)21(16-7-3-1-4-8-16)25(24-20)18-9-5-2-6-10-18;1-2/h1-14,19,21H,(H,26,27);1-2H3. The zero-order chi connectivity index (χ0) is 20.8. The van der Waals surface area contributed by atoms with Crippen molar-refractivity contribution in [1.82, 2.24) is 0 Å². The predicted molar refractivity (Wildman–Crippen MR) is 114 cm³/mol. The number of benzene rings is 3. The average Bonchev–Trinajstić information content (AvgIpc) is 3.18. The van der Waals surface area contributed by atoms with E-state index in [-0.39, 0.29) is 5.82 Å². The molecule has 1 aliphatic rings. The Labute approximate surface area is 169 Å². The van der Waals surface area contributed by atoms with E-state index in [9.17, 15) is 14.3 Å². The molecule has 0 saturated heterocycles. The average molecular weight is 390 g/mol. The molecule has 4 nitrogen and oxygen atoms in total. The first kappa shape index (κ1) is 20.3. The molecule has 0 saturated carbocycles. The van der Waals surface area contributed by atoms with Gasteiger partial charge in [-0.1, -0.05) is 74.5 Å². The highest BCUT2D eigenvalue weighted by Crippen LogP contribution is 2.40. The van der Waals surface area contributed by atoms with E-state index in [1.54, 1.807) is 17.1 Å². The minimum Gasteiger partial charge on any atom is -0.481 e. The second-order valence-electron chi connectivity index (χ2n) is 6.34. The summed E-state index contributed by atoms with van der Waals surface area (Å²) < 4.78 is 13.3. The van der Waals surface area contributed by atoms with Gasteiger partial charge in [0.2, 0.25) is 0 Å². The molecular weight excluding hydrogens is 367 g/mol. The summed E-state index contributed by atoms with van der Waals surface area (Å²) in [5.41, 5.74) is 2.67. The van der Waals surface area contributed by atoms with Gasteiger partial charge in [-0.15, -0.1) is 0 Å². The number of hydrogen-bond donors (Lipinski definition) is 1. The van der Waals surface area contributed by atoms with Gasteiger partial charge in [-0.25, -0.2) is 4.39 Å². The van der Waals surface area contributed by atoms with E-state index < -0.39 is 17.9 Å². The largest absolute Gasteiger partial charge is 0.481 e. The monoisotopic (exact) mass is 390 g/mol. The van der Waals surface area contributed by atoms with Crippen LogP contribution in [0.4, 0.5) is 10.1 Å². The third-order valence-corrected chi connectivity index (χ3v) is 4.66. The van der Waals surface area contributed by atoms with Crippen molar-refractivity contribution in [3.8, 4) is 0 Å². The molecule has 0 radical (unpaired) electrons. The van der Waals surface area contributed by atoms with Crippen molar-refractivity contribution in [2.75, 3.05) is 5.01 Å². The number of para-hydroxylation sites is 1. The van der Waals surface area contributed by atoms with Crippen molar-refractivity contribution >= 4 is 17.4 Å². The molecule has 0 fully saturated rings. The van der Waals surface area contributed by atoms with Gasteiger partial charge in [-0.2, -0.15) is 5.10 Å². The fraction of sp³-hybridized carbons (Fsp3) is 0.167. The van der Waals surface area contributed by atoms with Crippen LogP contribution in [0.3, 0.4) is 0 Å². The quantitative estimate of drug-likeness (QED) is 0.638. The summed E-state index contributed by atoms with van der Waals surface area (Å²) in [6.07, 6.45) is 0. The fourth-order valence-corrected chi connectivity index (χ4v) is 3.42. The molecule has 3 aromatic rings. The Balaban J connectivity index is 0.00000117. The summed E-state index contributed by atoms with van der Waals surface area (Å²) in [6.45, 7) is 4.00. The van der Waals surface area contributed by atoms with Crippen LogP contribution in [-0.4, -0.2) is 16.8 Å². The molecule has 0 spiro atoms. The number of hydrogen-bond acceptors (Lipinski definition) is 3. The van der Waals surface area contributed by atoms with E-state index in [4.69, 9.17) is 0 Å². The Morgan fingerprint density at radius 1 is 0.897 bits per heavy atom. The lowest BCUT2D eigenvalue weighted by Gasteiger charge is -2.26. The molecule has 0 aromatic heterocycles. The number of carboxylic acids is 1. The van der Waals surface area contributed by atoms with Gasteiger partial charge in [0, 0.05) is 0 Å². The summed E-state index contributed by atoms with van der Waals surface area (Å²) in [7, 11) is 0. The van der Waals surface area contributed by atoms with Crippen molar-refractivity contribution < 1.29 is 14.3 Å². The summed E-state index contributed by atoms with van der Waals surface area (Å²) in [6, 6.07) is 24.2. The van der Waals surface area contributed by atoms with E-state index in [2.05, 4.69) is 5.10 Å². The van der Waals surface area contributed by atoms with E-state index in [0.717, 1.165) is 11.3 Å². The minimum absolute atomic E-state index is 0.372. The maximum absolute atomic E-state index is 13.3. The number of anilines is 1. The highest BCUT2D eigenvalue weighted by molar-refractivity contribution is 6.14. The molecule has 0 amide bonds. The zero-order valence-electron chi connectivity index (χ0n) is 16.4. The summed E-state index contributed by atoms with van der Waals surface area (Å²) >= 11 is 0. The third kappa shape index (κ3) is 4.19. The molecule has 1 N–H and O–H groups in total. The molecule has 2 unspecified atom stereocenters. The molecule has 0 bridgehead atoms. The normalized spacial score (nSPS) is 17.9. The number of halogens is 1. The molecule has 148 valence electrons.